The maximum atomic E-state index is 12.9. The van der Waals surface area contributed by atoms with Crippen molar-refractivity contribution in [3.05, 3.63) is 75.3 Å². The fourth-order valence-corrected chi connectivity index (χ4v) is 4.47. The largest absolute Gasteiger partial charge is 0.491 e. The molecule has 8 nitrogen and oxygen atoms in total. The molecule has 1 aliphatic rings. The summed E-state index contributed by atoms with van der Waals surface area (Å²) in [7, 11) is 0. The lowest BCUT2D eigenvalue weighted by molar-refractivity contribution is 0.0865. The monoisotopic (exact) mass is 480 g/mol. The zero-order valence-electron chi connectivity index (χ0n) is 19.3. The quantitative estimate of drug-likeness (QED) is 0.594. The van der Waals surface area contributed by atoms with E-state index in [1.165, 1.54) is 11.5 Å². The number of fused-ring (bicyclic) bond motifs is 3. The Morgan fingerprint density at radius 2 is 2.06 bits per heavy atom. The van der Waals surface area contributed by atoms with Crippen molar-refractivity contribution >= 4 is 23.3 Å². The van der Waals surface area contributed by atoms with E-state index in [0.717, 1.165) is 21.7 Å². The number of nitrogens with zero attached hydrogens (tertiary/aromatic N) is 2. The summed E-state index contributed by atoms with van der Waals surface area (Å²) < 4.78 is 15.5. The molecule has 178 valence electrons. The van der Waals surface area contributed by atoms with Gasteiger partial charge < -0.3 is 20.1 Å². The predicted molar refractivity (Wildman–Crippen MR) is 130 cm³/mol. The van der Waals surface area contributed by atoms with Gasteiger partial charge in [0.15, 0.2) is 0 Å². The summed E-state index contributed by atoms with van der Waals surface area (Å²) in [4.78, 5) is 26.3. The van der Waals surface area contributed by atoms with Gasteiger partial charge in [0, 0.05) is 24.1 Å². The molecule has 4 rings (SSSR count). The lowest BCUT2D eigenvalue weighted by atomic mass is 9.99. The molecular weight excluding hydrogens is 452 g/mol. The number of nitrogens with one attached hydrogen (secondary N) is 2. The van der Waals surface area contributed by atoms with Crippen molar-refractivity contribution in [3.8, 4) is 5.75 Å². The molecule has 9 heteroatoms. The fourth-order valence-electron chi connectivity index (χ4n) is 3.73. The maximum Gasteiger partial charge on any atom is 0.251 e. The second kappa shape index (κ2) is 11.2. The number of aromatic nitrogens is 2. The molecule has 2 amide bonds. The van der Waals surface area contributed by atoms with Crippen molar-refractivity contribution < 1.29 is 19.1 Å². The molecule has 0 saturated carbocycles. The topological polar surface area (TPSA) is 102 Å². The third kappa shape index (κ3) is 5.98. The molecule has 3 aromatic rings. The smallest absolute Gasteiger partial charge is 0.251 e. The molecule has 1 aromatic heterocycles. The van der Waals surface area contributed by atoms with E-state index in [4.69, 9.17) is 9.47 Å². The molecule has 2 aromatic carbocycles. The SMILES string of the molecule is CC(C)c1nnsc1CNC(=O)c1ccc2c(c1)Cc1cccc(c1)C(=O)NCCOCCO2. The van der Waals surface area contributed by atoms with Crippen LogP contribution in [0.4, 0.5) is 0 Å². The molecule has 0 unspecified atom stereocenters. The third-order valence-electron chi connectivity index (χ3n) is 5.47. The van der Waals surface area contributed by atoms with E-state index < -0.39 is 0 Å². The molecule has 0 spiro atoms. The number of benzene rings is 2. The Bertz CT molecular complexity index is 1160. The Morgan fingerprint density at radius 1 is 1.18 bits per heavy atom. The second-order valence-corrected chi connectivity index (χ2v) is 9.17. The minimum absolute atomic E-state index is 0.134. The van der Waals surface area contributed by atoms with Gasteiger partial charge in [0.05, 0.1) is 30.3 Å². The lowest BCUT2D eigenvalue weighted by Gasteiger charge is -2.15. The van der Waals surface area contributed by atoms with Crippen molar-refractivity contribution in [1.82, 2.24) is 20.2 Å². The van der Waals surface area contributed by atoms with Crippen LogP contribution in [0.15, 0.2) is 42.5 Å². The molecular formula is C25H28N4O4S. The van der Waals surface area contributed by atoms with Crippen LogP contribution in [0.2, 0.25) is 0 Å². The van der Waals surface area contributed by atoms with Gasteiger partial charge in [0.1, 0.15) is 12.4 Å². The first-order valence-electron chi connectivity index (χ1n) is 11.3. The van der Waals surface area contributed by atoms with Crippen LogP contribution in [0.1, 0.15) is 62.2 Å². The highest BCUT2D eigenvalue weighted by Crippen LogP contribution is 2.25. The van der Waals surface area contributed by atoms with E-state index in [0.29, 0.717) is 56.2 Å². The van der Waals surface area contributed by atoms with Gasteiger partial charge in [-0.25, -0.2) is 0 Å². The molecule has 0 fully saturated rings. The van der Waals surface area contributed by atoms with Crippen molar-refractivity contribution in [2.45, 2.75) is 32.7 Å². The van der Waals surface area contributed by atoms with Gasteiger partial charge in [-0.15, -0.1) is 5.10 Å². The summed E-state index contributed by atoms with van der Waals surface area (Å²) >= 11 is 1.30. The van der Waals surface area contributed by atoms with E-state index in [1.807, 2.05) is 30.3 Å². The summed E-state index contributed by atoms with van der Waals surface area (Å²) in [5, 5.41) is 10.0. The molecule has 1 aliphatic heterocycles. The molecule has 2 N–H and O–H groups in total. The van der Waals surface area contributed by atoms with Gasteiger partial charge >= 0.3 is 0 Å². The van der Waals surface area contributed by atoms with E-state index >= 15 is 0 Å². The predicted octanol–water partition coefficient (Wildman–Crippen LogP) is 3.32. The van der Waals surface area contributed by atoms with Gasteiger partial charge in [-0.2, -0.15) is 0 Å². The van der Waals surface area contributed by atoms with E-state index in [1.54, 1.807) is 12.1 Å². The third-order valence-corrected chi connectivity index (χ3v) is 6.20. The van der Waals surface area contributed by atoms with Gasteiger partial charge in [-0.1, -0.05) is 30.5 Å². The van der Waals surface area contributed by atoms with Crippen LogP contribution in [0.25, 0.3) is 0 Å². The van der Waals surface area contributed by atoms with Crippen LogP contribution in [-0.2, 0) is 17.7 Å². The van der Waals surface area contributed by atoms with Crippen LogP contribution in [0.5, 0.6) is 5.75 Å². The van der Waals surface area contributed by atoms with Crippen LogP contribution < -0.4 is 15.4 Å². The van der Waals surface area contributed by atoms with E-state index in [2.05, 4.69) is 34.1 Å². The number of hydrogen-bond acceptors (Lipinski definition) is 7. The van der Waals surface area contributed by atoms with Gasteiger partial charge in [0.2, 0.25) is 0 Å². The van der Waals surface area contributed by atoms with Crippen molar-refractivity contribution in [2.24, 2.45) is 0 Å². The molecule has 0 aliphatic carbocycles. The summed E-state index contributed by atoms with van der Waals surface area (Å²) in [5.74, 6) is 0.629. The Balaban J connectivity index is 1.56. The van der Waals surface area contributed by atoms with Crippen LogP contribution >= 0.6 is 11.5 Å². The number of ether oxygens (including phenoxy) is 2. The van der Waals surface area contributed by atoms with Crippen LogP contribution in [0.3, 0.4) is 0 Å². The van der Waals surface area contributed by atoms with E-state index in [9.17, 15) is 9.59 Å². The highest BCUT2D eigenvalue weighted by atomic mass is 32.1. The first kappa shape index (κ1) is 23.8. The molecule has 0 saturated heterocycles. The Hall–Kier alpha value is -3.30. The zero-order valence-corrected chi connectivity index (χ0v) is 20.1. The summed E-state index contributed by atoms with van der Waals surface area (Å²) in [6.07, 6.45) is 0.523. The lowest BCUT2D eigenvalue weighted by Crippen LogP contribution is -2.28. The fraction of sp³-hybridized carbons (Fsp3) is 0.360. The van der Waals surface area contributed by atoms with Crippen molar-refractivity contribution in [2.75, 3.05) is 26.4 Å². The zero-order chi connectivity index (χ0) is 23.9. The van der Waals surface area contributed by atoms with Crippen molar-refractivity contribution in [3.63, 3.8) is 0 Å². The first-order chi connectivity index (χ1) is 16.5. The number of rotatable bonds is 4. The Morgan fingerprint density at radius 3 is 2.91 bits per heavy atom. The highest BCUT2D eigenvalue weighted by molar-refractivity contribution is 7.05. The minimum Gasteiger partial charge on any atom is -0.491 e. The highest BCUT2D eigenvalue weighted by Gasteiger charge is 2.16. The number of carbonyl (C=O) groups is 2. The number of carbonyl (C=O) groups excluding carboxylic acids is 2. The second-order valence-electron chi connectivity index (χ2n) is 8.34. The summed E-state index contributed by atoms with van der Waals surface area (Å²) in [6.45, 7) is 6.13. The molecule has 2 heterocycles. The Labute approximate surface area is 202 Å². The standard InChI is InChI=1S/C25H28N4O4S/c1-16(2)23-22(34-29-28-23)15-27-25(31)19-6-7-21-20(14-19)13-17-4-3-5-18(12-17)24(30)26-8-9-32-10-11-33-21/h3-7,12,14,16H,8-11,13,15H2,1-2H3,(H,26,30)(H,27,31). The van der Waals surface area contributed by atoms with Crippen LogP contribution in [0, 0.1) is 0 Å². The summed E-state index contributed by atoms with van der Waals surface area (Å²) in [6, 6.07) is 12.9. The molecule has 0 atom stereocenters. The maximum absolute atomic E-state index is 12.9. The number of hydrogen-bond donors (Lipinski definition) is 2. The molecule has 34 heavy (non-hydrogen) atoms. The Kier molecular flexibility index (Phi) is 7.87. The van der Waals surface area contributed by atoms with Gasteiger partial charge in [0.25, 0.3) is 11.8 Å². The first-order valence-corrected chi connectivity index (χ1v) is 12.1. The average Bonchev–Trinajstić information content (AvgIpc) is 3.31. The van der Waals surface area contributed by atoms with Gasteiger partial charge in [-0.3, -0.25) is 9.59 Å². The van der Waals surface area contributed by atoms with Crippen LogP contribution in [-0.4, -0.2) is 47.8 Å². The molecule has 0 radical (unpaired) electrons. The minimum atomic E-state index is -0.179. The van der Waals surface area contributed by atoms with Crippen molar-refractivity contribution in [1.29, 1.82) is 0 Å². The summed E-state index contributed by atoms with van der Waals surface area (Å²) in [5.41, 5.74) is 3.86. The van der Waals surface area contributed by atoms with E-state index in [-0.39, 0.29) is 17.7 Å². The molecule has 2 bridgehead atoms. The van der Waals surface area contributed by atoms with Gasteiger partial charge in [-0.05, 0) is 58.9 Å². The normalized spacial score (nSPS) is 14.5. The average molecular weight is 481 g/mol. The number of amides is 2.